The number of halogens is 1. The third-order valence-electron chi connectivity index (χ3n) is 3.30. The van der Waals surface area contributed by atoms with Gasteiger partial charge in [-0.1, -0.05) is 28.1 Å². The Morgan fingerprint density at radius 3 is 2.84 bits per heavy atom. The van der Waals surface area contributed by atoms with Crippen LogP contribution in [0.3, 0.4) is 0 Å². The van der Waals surface area contributed by atoms with Crippen LogP contribution in [0.1, 0.15) is 17.3 Å². The molecule has 4 nitrogen and oxygen atoms in total. The van der Waals surface area contributed by atoms with Crippen LogP contribution in [0.25, 0.3) is 0 Å². The SMILES string of the molecule is CC1CS(=O)(=O)CCN1CC(=O)c1cccc(Br)c1. The number of benzene rings is 1. The molecule has 6 heteroatoms. The molecule has 0 spiro atoms. The maximum Gasteiger partial charge on any atom is 0.176 e. The van der Waals surface area contributed by atoms with E-state index in [9.17, 15) is 13.2 Å². The van der Waals surface area contributed by atoms with E-state index in [1.165, 1.54) is 0 Å². The molecule has 1 fully saturated rings. The van der Waals surface area contributed by atoms with Crippen LogP contribution in [0, 0.1) is 0 Å². The van der Waals surface area contributed by atoms with Gasteiger partial charge in [-0.25, -0.2) is 8.42 Å². The summed E-state index contributed by atoms with van der Waals surface area (Å²) in [6.07, 6.45) is 0. The summed E-state index contributed by atoms with van der Waals surface area (Å²) in [6, 6.07) is 7.15. The molecule has 1 aromatic rings. The maximum absolute atomic E-state index is 12.2. The second-order valence-corrected chi connectivity index (χ2v) is 8.01. The molecule has 0 N–H and O–H groups in total. The molecule has 104 valence electrons. The first-order valence-corrected chi connectivity index (χ1v) is 8.72. The zero-order valence-electron chi connectivity index (χ0n) is 10.7. The van der Waals surface area contributed by atoms with Crippen molar-refractivity contribution in [2.75, 3.05) is 24.6 Å². The minimum atomic E-state index is -2.93. The average Bonchev–Trinajstić information content (AvgIpc) is 2.32. The summed E-state index contributed by atoms with van der Waals surface area (Å²) >= 11 is 3.34. The Morgan fingerprint density at radius 2 is 2.21 bits per heavy atom. The highest BCUT2D eigenvalue weighted by Gasteiger charge is 2.29. The van der Waals surface area contributed by atoms with Gasteiger partial charge in [0.2, 0.25) is 0 Å². The van der Waals surface area contributed by atoms with E-state index in [1.807, 2.05) is 24.0 Å². The van der Waals surface area contributed by atoms with Gasteiger partial charge in [0.05, 0.1) is 18.1 Å². The number of rotatable bonds is 3. The van der Waals surface area contributed by atoms with Crippen LogP contribution >= 0.6 is 15.9 Å². The molecule has 1 aliphatic heterocycles. The van der Waals surface area contributed by atoms with Crippen molar-refractivity contribution in [3.63, 3.8) is 0 Å². The van der Waals surface area contributed by atoms with E-state index in [1.54, 1.807) is 12.1 Å². The number of carbonyl (C=O) groups is 1. The van der Waals surface area contributed by atoms with Crippen molar-refractivity contribution in [2.45, 2.75) is 13.0 Å². The van der Waals surface area contributed by atoms with E-state index in [4.69, 9.17) is 0 Å². The van der Waals surface area contributed by atoms with Crippen LogP contribution in [-0.2, 0) is 9.84 Å². The Kier molecular flexibility index (Phi) is 4.43. The quantitative estimate of drug-likeness (QED) is 0.783. The highest BCUT2D eigenvalue weighted by molar-refractivity contribution is 9.10. The Balaban J connectivity index is 2.04. The zero-order chi connectivity index (χ0) is 14.0. The minimum Gasteiger partial charge on any atom is -0.293 e. The molecule has 1 saturated heterocycles. The van der Waals surface area contributed by atoms with Crippen molar-refractivity contribution in [1.82, 2.24) is 4.90 Å². The van der Waals surface area contributed by atoms with Crippen LogP contribution < -0.4 is 0 Å². The van der Waals surface area contributed by atoms with Crippen molar-refractivity contribution in [1.29, 1.82) is 0 Å². The Morgan fingerprint density at radius 1 is 1.47 bits per heavy atom. The number of Topliss-reactive ketones (excluding diaryl/α,β-unsaturated/α-hetero) is 1. The van der Waals surface area contributed by atoms with Crippen molar-refractivity contribution in [3.8, 4) is 0 Å². The number of hydrogen-bond donors (Lipinski definition) is 0. The van der Waals surface area contributed by atoms with Crippen molar-refractivity contribution >= 4 is 31.6 Å². The van der Waals surface area contributed by atoms with E-state index in [0.29, 0.717) is 12.1 Å². The second kappa shape index (κ2) is 5.73. The Labute approximate surface area is 121 Å². The summed E-state index contributed by atoms with van der Waals surface area (Å²) in [6.45, 7) is 2.56. The monoisotopic (exact) mass is 345 g/mol. The third kappa shape index (κ3) is 3.87. The number of nitrogens with zero attached hydrogens (tertiary/aromatic N) is 1. The third-order valence-corrected chi connectivity index (χ3v) is 5.59. The number of carbonyl (C=O) groups excluding carboxylic acids is 1. The van der Waals surface area contributed by atoms with E-state index >= 15 is 0 Å². The molecule has 0 bridgehead atoms. The van der Waals surface area contributed by atoms with Gasteiger partial charge in [-0.05, 0) is 19.1 Å². The van der Waals surface area contributed by atoms with Gasteiger partial charge in [0.1, 0.15) is 0 Å². The molecular weight excluding hydrogens is 330 g/mol. The summed E-state index contributed by atoms with van der Waals surface area (Å²) in [4.78, 5) is 14.1. The first-order chi connectivity index (χ1) is 8.87. The maximum atomic E-state index is 12.2. The van der Waals surface area contributed by atoms with E-state index in [2.05, 4.69) is 15.9 Å². The number of sulfone groups is 1. The number of hydrogen-bond acceptors (Lipinski definition) is 4. The molecule has 1 aliphatic rings. The lowest BCUT2D eigenvalue weighted by Crippen LogP contribution is -2.48. The molecule has 0 aliphatic carbocycles. The van der Waals surface area contributed by atoms with Crippen molar-refractivity contribution in [3.05, 3.63) is 34.3 Å². The fourth-order valence-electron chi connectivity index (χ4n) is 2.21. The fourth-order valence-corrected chi connectivity index (χ4v) is 4.23. The van der Waals surface area contributed by atoms with Crippen molar-refractivity contribution < 1.29 is 13.2 Å². The Hall–Kier alpha value is -0.720. The van der Waals surface area contributed by atoms with Crippen LogP contribution in [-0.4, -0.2) is 49.7 Å². The molecule has 0 saturated carbocycles. The summed E-state index contributed by atoms with van der Waals surface area (Å²) in [5.74, 6) is 0.300. The first kappa shape index (κ1) is 14.7. The summed E-state index contributed by atoms with van der Waals surface area (Å²) in [5, 5.41) is 0. The molecule has 0 amide bonds. The summed E-state index contributed by atoms with van der Waals surface area (Å²) in [7, 11) is -2.93. The topological polar surface area (TPSA) is 54.5 Å². The van der Waals surface area contributed by atoms with Crippen LogP contribution in [0.4, 0.5) is 0 Å². The van der Waals surface area contributed by atoms with Gasteiger partial charge < -0.3 is 0 Å². The Bertz CT molecular complexity index is 585. The van der Waals surface area contributed by atoms with Crippen LogP contribution in [0.2, 0.25) is 0 Å². The lowest BCUT2D eigenvalue weighted by Gasteiger charge is -2.32. The molecule has 1 aromatic carbocycles. The van der Waals surface area contributed by atoms with Gasteiger partial charge in [0, 0.05) is 22.6 Å². The van der Waals surface area contributed by atoms with E-state index in [0.717, 1.165) is 4.47 Å². The highest BCUT2D eigenvalue weighted by atomic mass is 79.9. The zero-order valence-corrected chi connectivity index (χ0v) is 13.1. The molecule has 0 radical (unpaired) electrons. The smallest absolute Gasteiger partial charge is 0.176 e. The molecule has 2 rings (SSSR count). The van der Waals surface area contributed by atoms with Gasteiger partial charge in [0.15, 0.2) is 15.6 Å². The molecule has 1 heterocycles. The predicted molar refractivity (Wildman–Crippen MR) is 78.2 cm³/mol. The van der Waals surface area contributed by atoms with Gasteiger partial charge in [-0.15, -0.1) is 0 Å². The molecule has 19 heavy (non-hydrogen) atoms. The first-order valence-electron chi connectivity index (χ1n) is 6.10. The van der Waals surface area contributed by atoms with Crippen LogP contribution in [0.5, 0.6) is 0 Å². The largest absolute Gasteiger partial charge is 0.293 e. The molecule has 0 aromatic heterocycles. The van der Waals surface area contributed by atoms with E-state index in [-0.39, 0.29) is 29.9 Å². The lowest BCUT2D eigenvalue weighted by atomic mass is 10.1. The van der Waals surface area contributed by atoms with E-state index < -0.39 is 9.84 Å². The van der Waals surface area contributed by atoms with Crippen LogP contribution in [0.15, 0.2) is 28.7 Å². The van der Waals surface area contributed by atoms with Crippen molar-refractivity contribution in [2.24, 2.45) is 0 Å². The van der Waals surface area contributed by atoms with Gasteiger partial charge in [-0.3, -0.25) is 9.69 Å². The average molecular weight is 346 g/mol. The molecule has 1 atom stereocenters. The predicted octanol–water partition coefficient (Wildman–Crippen LogP) is 1.75. The molecular formula is C13H16BrNO3S. The molecule has 1 unspecified atom stereocenters. The highest BCUT2D eigenvalue weighted by Crippen LogP contribution is 2.15. The normalized spacial score (nSPS) is 23.2. The van der Waals surface area contributed by atoms with Gasteiger partial charge >= 0.3 is 0 Å². The van der Waals surface area contributed by atoms with Gasteiger partial charge in [0.25, 0.3) is 0 Å². The summed E-state index contributed by atoms with van der Waals surface area (Å²) in [5.41, 5.74) is 0.648. The second-order valence-electron chi connectivity index (χ2n) is 4.87. The minimum absolute atomic E-state index is 0.0208. The summed E-state index contributed by atoms with van der Waals surface area (Å²) < 4.78 is 23.8. The standard InChI is InChI=1S/C13H16BrNO3S/c1-10-9-19(17,18)6-5-15(10)8-13(16)11-3-2-4-12(14)7-11/h2-4,7,10H,5-6,8-9H2,1H3. The fraction of sp³-hybridized carbons (Fsp3) is 0.462. The van der Waals surface area contributed by atoms with Gasteiger partial charge in [-0.2, -0.15) is 0 Å². The number of ketones is 1. The lowest BCUT2D eigenvalue weighted by molar-refractivity contribution is 0.0908.